The van der Waals surface area contributed by atoms with Crippen LogP contribution < -0.4 is 4.90 Å². The van der Waals surface area contributed by atoms with Crippen molar-refractivity contribution in [2.75, 3.05) is 31.1 Å². The van der Waals surface area contributed by atoms with Crippen LogP contribution in [-0.4, -0.2) is 47.0 Å². The van der Waals surface area contributed by atoms with E-state index in [-0.39, 0.29) is 17.5 Å². The van der Waals surface area contributed by atoms with Crippen LogP contribution in [0.1, 0.15) is 10.6 Å². The Morgan fingerprint density at radius 3 is 2.42 bits per heavy atom. The quantitative estimate of drug-likeness (QED) is 0.725. The summed E-state index contributed by atoms with van der Waals surface area (Å²) >= 11 is 0. The number of benzene rings is 1. The van der Waals surface area contributed by atoms with Gasteiger partial charge in [-0.15, -0.1) is 0 Å². The van der Waals surface area contributed by atoms with E-state index >= 15 is 0 Å². The average molecular weight is 352 g/mol. The van der Waals surface area contributed by atoms with Crippen LogP contribution in [0.4, 0.5) is 10.3 Å². The summed E-state index contributed by atoms with van der Waals surface area (Å²) in [5, 5.41) is 0. The molecule has 1 fully saturated rings. The van der Waals surface area contributed by atoms with E-state index < -0.39 is 0 Å². The van der Waals surface area contributed by atoms with Crippen LogP contribution in [0.2, 0.25) is 0 Å². The molecule has 0 aliphatic carbocycles. The summed E-state index contributed by atoms with van der Waals surface area (Å²) < 4.78 is 19.5. The number of carbonyl (C=O) groups excluding carboxylic acids is 1. The molecule has 1 aromatic carbocycles. The Morgan fingerprint density at radius 1 is 0.962 bits per heavy atom. The zero-order chi connectivity index (χ0) is 17.9. The molecule has 1 saturated heterocycles. The van der Waals surface area contributed by atoms with Crippen LogP contribution >= 0.6 is 0 Å². The van der Waals surface area contributed by atoms with Gasteiger partial charge >= 0.3 is 0 Å². The molecular formula is C19H17FN4O2. The van der Waals surface area contributed by atoms with E-state index in [1.54, 1.807) is 53.7 Å². The first-order chi connectivity index (χ1) is 12.7. The number of halogens is 1. The van der Waals surface area contributed by atoms with Gasteiger partial charge in [0.1, 0.15) is 11.6 Å². The molecule has 0 bridgehead atoms. The maximum Gasteiger partial charge on any atom is 0.289 e. The lowest BCUT2D eigenvalue weighted by atomic mass is 10.1. The second kappa shape index (κ2) is 6.95. The third-order valence-corrected chi connectivity index (χ3v) is 4.36. The maximum absolute atomic E-state index is 13.9. The number of furan rings is 1. The first-order valence-electron chi connectivity index (χ1n) is 8.38. The van der Waals surface area contributed by atoms with Crippen molar-refractivity contribution in [2.24, 2.45) is 0 Å². The molecule has 2 aromatic heterocycles. The number of hydrogen-bond donors (Lipinski definition) is 0. The number of nitrogens with zero attached hydrogens (tertiary/aromatic N) is 4. The predicted molar refractivity (Wildman–Crippen MR) is 94.3 cm³/mol. The van der Waals surface area contributed by atoms with Gasteiger partial charge in [-0.3, -0.25) is 4.79 Å². The molecule has 4 rings (SSSR count). The Labute approximate surface area is 149 Å². The molecular weight excluding hydrogens is 335 g/mol. The number of carbonyl (C=O) groups is 1. The van der Waals surface area contributed by atoms with Crippen molar-refractivity contribution < 1.29 is 13.6 Å². The summed E-state index contributed by atoms with van der Waals surface area (Å²) in [6, 6.07) is 11.3. The van der Waals surface area contributed by atoms with Gasteiger partial charge in [0.15, 0.2) is 5.76 Å². The van der Waals surface area contributed by atoms with Gasteiger partial charge in [0.05, 0.1) is 5.56 Å². The van der Waals surface area contributed by atoms with Crippen molar-refractivity contribution in [3.8, 4) is 11.3 Å². The number of rotatable bonds is 3. The van der Waals surface area contributed by atoms with Crippen molar-refractivity contribution >= 4 is 11.9 Å². The van der Waals surface area contributed by atoms with Crippen molar-refractivity contribution in [3.05, 3.63) is 66.4 Å². The van der Waals surface area contributed by atoms with Crippen molar-refractivity contribution in [1.82, 2.24) is 14.9 Å². The highest BCUT2D eigenvalue weighted by atomic mass is 19.1. The fourth-order valence-electron chi connectivity index (χ4n) is 2.98. The number of hydrogen-bond acceptors (Lipinski definition) is 5. The molecule has 1 aliphatic heterocycles. The zero-order valence-electron chi connectivity index (χ0n) is 14.0. The summed E-state index contributed by atoms with van der Waals surface area (Å²) in [7, 11) is 0. The highest BCUT2D eigenvalue weighted by Crippen LogP contribution is 2.25. The Bertz CT molecular complexity index is 905. The van der Waals surface area contributed by atoms with Crippen LogP contribution in [0.5, 0.6) is 0 Å². The predicted octanol–water partition coefficient (Wildman–Crippen LogP) is 2.84. The van der Waals surface area contributed by atoms with E-state index in [0.717, 1.165) is 0 Å². The SMILES string of the molecule is O=C(c1ccc(-c2ccccc2F)o1)N1CCN(c2ncccn2)CC1. The molecule has 0 saturated carbocycles. The Hall–Kier alpha value is -3.22. The van der Waals surface area contributed by atoms with E-state index in [4.69, 9.17) is 4.42 Å². The third-order valence-electron chi connectivity index (χ3n) is 4.36. The fraction of sp³-hybridized carbons (Fsp3) is 0.211. The Balaban J connectivity index is 1.44. The van der Waals surface area contributed by atoms with Gasteiger partial charge in [0.2, 0.25) is 5.95 Å². The van der Waals surface area contributed by atoms with Gasteiger partial charge in [-0.2, -0.15) is 0 Å². The molecule has 0 unspecified atom stereocenters. The second-order valence-corrected chi connectivity index (χ2v) is 5.97. The topological polar surface area (TPSA) is 62.5 Å². The van der Waals surface area contributed by atoms with Crippen LogP contribution in [0, 0.1) is 5.82 Å². The number of amides is 1. The highest BCUT2D eigenvalue weighted by Gasteiger charge is 2.25. The van der Waals surface area contributed by atoms with E-state index in [0.29, 0.717) is 43.5 Å². The molecule has 132 valence electrons. The largest absolute Gasteiger partial charge is 0.451 e. The molecule has 7 heteroatoms. The molecule has 0 atom stereocenters. The Kier molecular flexibility index (Phi) is 4.35. The van der Waals surface area contributed by atoms with Gasteiger partial charge < -0.3 is 14.2 Å². The molecule has 0 radical (unpaired) electrons. The van der Waals surface area contributed by atoms with Crippen LogP contribution in [0.15, 0.2) is 59.3 Å². The Morgan fingerprint density at radius 2 is 1.69 bits per heavy atom. The molecule has 0 N–H and O–H groups in total. The minimum atomic E-state index is -0.377. The third kappa shape index (κ3) is 3.15. The van der Waals surface area contributed by atoms with Crippen molar-refractivity contribution in [3.63, 3.8) is 0 Å². The molecule has 1 amide bonds. The number of anilines is 1. The van der Waals surface area contributed by atoms with Crippen molar-refractivity contribution in [2.45, 2.75) is 0 Å². The lowest BCUT2D eigenvalue weighted by Crippen LogP contribution is -2.49. The summed E-state index contributed by atoms with van der Waals surface area (Å²) in [4.78, 5) is 24.9. The van der Waals surface area contributed by atoms with Crippen LogP contribution in [-0.2, 0) is 0 Å². The van der Waals surface area contributed by atoms with Gasteiger partial charge in [-0.25, -0.2) is 14.4 Å². The lowest BCUT2D eigenvalue weighted by molar-refractivity contribution is 0.0715. The summed E-state index contributed by atoms with van der Waals surface area (Å²) in [6.07, 6.45) is 3.40. The van der Waals surface area contributed by atoms with Gasteiger partial charge in [-0.1, -0.05) is 12.1 Å². The number of aromatic nitrogens is 2. The normalized spacial score (nSPS) is 14.5. The molecule has 6 nitrogen and oxygen atoms in total. The standard InChI is InChI=1S/C19H17FN4O2/c20-15-5-2-1-4-14(15)16-6-7-17(26-16)18(25)23-10-12-24(13-11-23)19-21-8-3-9-22-19/h1-9H,10-13H2. The second-order valence-electron chi connectivity index (χ2n) is 5.97. The molecule has 26 heavy (non-hydrogen) atoms. The van der Waals surface area contributed by atoms with Gasteiger partial charge in [-0.05, 0) is 30.3 Å². The zero-order valence-corrected chi connectivity index (χ0v) is 14.0. The summed E-state index contributed by atoms with van der Waals surface area (Å²) in [5.74, 6) is 0.661. The minimum Gasteiger partial charge on any atom is -0.451 e. The molecule has 3 heterocycles. The maximum atomic E-state index is 13.9. The van der Waals surface area contributed by atoms with Crippen molar-refractivity contribution in [1.29, 1.82) is 0 Å². The molecule has 3 aromatic rings. The van der Waals surface area contributed by atoms with E-state index in [2.05, 4.69) is 9.97 Å². The minimum absolute atomic E-state index is 0.193. The lowest BCUT2D eigenvalue weighted by Gasteiger charge is -2.34. The monoisotopic (exact) mass is 352 g/mol. The van der Waals surface area contributed by atoms with E-state index in [1.807, 2.05) is 4.90 Å². The smallest absolute Gasteiger partial charge is 0.289 e. The van der Waals surface area contributed by atoms with Crippen LogP contribution in [0.25, 0.3) is 11.3 Å². The molecule has 1 aliphatic rings. The summed E-state index contributed by atoms with van der Waals surface area (Å²) in [6.45, 7) is 2.40. The number of piperazine rings is 1. The molecule has 0 spiro atoms. The van der Waals surface area contributed by atoms with Gasteiger partial charge in [0, 0.05) is 38.6 Å². The first-order valence-corrected chi connectivity index (χ1v) is 8.38. The fourth-order valence-corrected chi connectivity index (χ4v) is 2.98. The van der Waals surface area contributed by atoms with Gasteiger partial charge in [0.25, 0.3) is 5.91 Å². The highest BCUT2D eigenvalue weighted by molar-refractivity contribution is 5.92. The average Bonchev–Trinajstić information content (AvgIpc) is 3.18. The first kappa shape index (κ1) is 16.3. The van der Waals surface area contributed by atoms with E-state index in [1.165, 1.54) is 6.07 Å². The summed E-state index contributed by atoms with van der Waals surface area (Å²) in [5.41, 5.74) is 0.345. The van der Waals surface area contributed by atoms with E-state index in [9.17, 15) is 9.18 Å². The van der Waals surface area contributed by atoms with Crippen LogP contribution in [0.3, 0.4) is 0 Å².